The van der Waals surface area contributed by atoms with Crippen LogP contribution in [0.2, 0.25) is 0 Å². The molecule has 0 heterocycles. The zero-order valence-electron chi connectivity index (χ0n) is 14.1. The van der Waals surface area contributed by atoms with Gasteiger partial charge >= 0.3 is 0 Å². The van der Waals surface area contributed by atoms with Crippen molar-refractivity contribution in [3.8, 4) is 5.75 Å². The number of rotatable bonds is 7. The van der Waals surface area contributed by atoms with Gasteiger partial charge in [0.05, 0.1) is 6.61 Å². The molecule has 1 nitrogen and oxygen atoms in total. The summed E-state index contributed by atoms with van der Waals surface area (Å²) in [5.41, 5.74) is 1.46. The highest BCUT2D eigenvalue weighted by atomic mass is 16.5. The first-order chi connectivity index (χ1) is 10.2. The van der Waals surface area contributed by atoms with E-state index in [4.69, 9.17) is 4.74 Å². The molecule has 1 saturated carbocycles. The highest BCUT2D eigenvalue weighted by Crippen LogP contribution is 2.36. The molecule has 1 fully saturated rings. The zero-order valence-corrected chi connectivity index (χ0v) is 14.1. The minimum absolute atomic E-state index is 0.747. The van der Waals surface area contributed by atoms with E-state index < -0.39 is 0 Å². The van der Waals surface area contributed by atoms with E-state index in [2.05, 4.69) is 38.1 Å². The topological polar surface area (TPSA) is 9.23 Å². The van der Waals surface area contributed by atoms with E-state index in [1.165, 1.54) is 50.5 Å². The summed E-state index contributed by atoms with van der Waals surface area (Å²) < 4.78 is 5.52. The molecule has 0 radical (unpaired) electrons. The Balaban J connectivity index is 1.80. The van der Waals surface area contributed by atoms with Crippen LogP contribution in [-0.4, -0.2) is 6.61 Å². The Morgan fingerprint density at radius 3 is 2.29 bits per heavy atom. The third-order valence-corrected chi connectivity index (χ3v) is 5.19. The fourth-order valence-corrected chi connectivity index (χ4v) is 3.88. The van der Waals surface area contributed by atoms with Crippen molar-refractivity contribution in [1.29, 1.82) is 0 Å². The summed E-state index contributed by atoms with van der Waals surface area (Å²) in [5.74, 6) is 3.76. The van der Waals surface area contributed by atoms with Crippen LogP contribution >= 0.6 is 0 Å². The molecule has 1 atom stereocenters. The van der Waals surface area contributed by atoms with Gasteiger partial charge in [-0.2, -0.15) is 0 Å². The van der Waals surface area contributed by atoms with Crippen molar-refractivity contribution in [3.63, 3.8) is 0 Å². The van der Waals surface area contributed by atoms with Gasteiger partial charge in [-0.25, -0.2) is 0 Å². The monoisotopic (exact) mass is 288 g/mol. The molecule has 1 aromatic rings. The third-order valence-electron chi connectivity index (χ3n) is 5.19. The molecule has 0 amide bonds. The Bertz CT molecular complexity index is 387. The van der Waals surface area contributed by atoms with Crippen LogP contribution in [0.5, 0.6) is 5.75 Å². The molecule has 2 rings (SSSR count). The molecule has 0 saturated heterocycles. The summed E-state index contributed by atoms with van der Waals surface area (Å²) in [6.45, 7) is 7.55. The van der Waals surface area contributed by atoms with Gasteiger partial charge in [0.1, 0.15) is 5.75 Å². The van der Waals surface area contributed by atoms with Crippen molar-refractivity contribution in [3.05, 3.63) is 29.8 Å². The van der Waals surface area contributed by atoms with Crippen LogP contribution in [-0.2, 0) is 6.42 Å². The quantitative estimate of drug-likeness (QED) is 0.609. The minimum atomic E-state index is 0.747. The lowest BCUT2D eigenvalue weighted by Crippen LogP contribution is -2.21. The third kappa shape index (κ3) is 5.05. The SMILES string of the molecule is CCCC1CCC(C(C)Cc2ccc(OCC)cc2)CC1. The maximum Gasteiger partial charge on any atom is 0.119 e. The number of benzene rings is 1. The van der Waals surface area contributed by atoms with Gasteiger partial charge in [-0.3, -0.25) is 0 Å². The number of hydrogen-bond acceptors (Lipinski definition) is 1. The molecule has 1 unspecified atom stereocenters. The normalized spacial score (nSPS) is 23.8. The first kappa shape index (κ1) is 16.4. The Morgan fingerprint density at radius 2 is 1.71 bits per heavy atom. The van der Waals surface area contributed by atoms with Crippen molar-refractivity contribution >= 4 is 0 Å². The van der Waals surface area contributed by atoms with Crippen LogP contribution in [0.3, 0.4) is 0 Å². The second-order valence-electron chi connectivity index (χ2n) is 6.83. The second-order valence-corrected chi connectivity index (χ2v) is 6.83. The van der Waals surface area contributed by atoms with Gasteiger partial charge in [0.25, 0.3) is 0 Å². The maximum atomic E-state index is 5.52. The van der Waals surface area contributed by atoms with Gasteiger partial charge in [0, 0.05) is 0 Å². The Hall–Kier alpha value is -0.980. The average molecular weight is 288 g/mol. The van der Waals surface area contributed by atoms with Crippen LogP contribution in [0.15, 0.2) is 24.3 Å². The lowest BCUT2D eigenvalue weighted by Gasteiger charge is -2.32. The van der Waals surface area contributed by atoms with Gasteiger partial charge in [0.15, 0.2) is 0 Å². The Labute approximate surface area is 131 Å². The van der Waals surface area contributed by atoms with E-state index in [1.807, 2.05) is 6.92 Å². The average Bonchev–Trinajstić information content (AvgIpc) is 2.50. The molecule has 0 N–H and O–H groups in total. The fourth-order valence-electron chi connectivity index (χ4n) is 3.88. The summed E-state index contributed by atoms with van der Waals surface area (Å²) in [4.78, 5) is 0. The van der Waals surface area contributed by atoms with Gasteiger partial charge in [0.2, 0.25) is 0 Å². The van der Waals surface area contributed by atoms with E-state index in [0.717, 1.165) is 30.1 Å². The van der Waals surface area contributed by atoms with Crippen molar-refractivity contribution in [2.24, 2.45) is 17.8 Å². The predicted octanol–water partition coefficient (Wildman–Crippen LogP) is 5.87. The van der Waals surface area contributed by atoms with Crippen LogP contribution in [0, 0.1) is 17.8 Å². The van der Waals surface area contributed by atoms with Crippen LogP contribution in [0.25, 0.3) is 0 Å². The van der Waals surface area contributed by atoms with Crippen LogP contribution < -0.4 is 4.74 Å². The molecular weight excluding hydrogens is 256 g/mol. The minimum Gasteiger partial charge on any atom is -0.494 e. The van der Waals surface area contributed by atoms with Gasteiger partial charge in [-0.05, 0) is 61.6 Å². The van der Waals surface area contributed by atoms with Crippen LogP contribution in [0.4, 0.5) is 0 Å². The van der Waals surface area contributed by atoms with Crippen molar-refractivity contribution in [2.45, 2.75) is 65.7 Å². The summed E-state index contributed by atoms with van der Waals surface area (Å²) >= 11 is 0. The van der Waals surface area contributed by atoms with Gasteiger partial charge < -0.3 is 4.74 Å². The molecular formula is C20H32O. The summed E-state index contributed by atoms with van der Waals surface area (Å²) in [5, 5.41) is 0. The maximum absolute atomic E-state index is 5.52. The van der Waals surface area contributed by atoms with E-state index in [-0.39, 0.29) is 0 Å². The predicted molar refractivity (Wildman–Crippen MR) is 90.8 cm³/mol. The standard InChI is InChI=1S/C20H32O/c1-4-6-17-7-11-19(12-8-17)16(3)15-18-9-13-20(14-10-18)21-5-2/h9-10,13-14,16-17,19H,4-8,11-12,15H2,1-3H3. The molecule has 1 aliphatic carbocycles. The van der Waals surface area contributed by atoms with Crippen molar-refractivity contribution in [1.82, 2.24) is 0 Å². The smallest absolute Gasteiger partial charge is 0.119 e. The highest BCUT2D eigenvalue weighted by Gasteiger charge is 2.24. The van der Waals surface area contributed by atoms with E-state index in [0.29, 0.717) is 0 Å². The van der Waals surface area contributed by atoms with Crippen molar-refractivity contribution < 1.29 is 4.74 Å². The van der Waals surface area contributed by atoms with Crippen molar-refractivity contribution in [2.75, 3.05) is 6.61 Å². The molecule has 0 spiro atoms. The fraction of sp³-hybridized carbons (Fsp3) is 0.700. The first-order valence-electron chi connectivity index (χ1n) is 8.94. The Kier molecular flexibility index (Phi) is 6.60. The molecule has 1 aromatic carbocycles. The number of ether oxygens (including phenoxy) is 1. The number of hydrogen-bond donors (Lipinski definition) is 0. The summed E-state index contributed by atoms with van der Waals surface area (Å²) in [6, 6.07) is 8.71. The second kappa shape index (κ2) is 8.46. The van der Waals surface area contributed by atoms with Gasteiger partial charge in [-0.1, -0.05) is 51.7 Å². The van der Waals surface area contributed by atoms with Crippen LogP contribution in [0.1, 0.15) is 64.9 Å². The zero-order chi connectivity index (χ0) is 15.1. The molecule has 0 aromatic heterocycles. The molecule has 1 heteroatoms. The molecule has 0 bridgehead atoms. The lowest BCUT2D eigenvalue weighted by atomic mass is 9.74. The van der Waals surface area contributed by atoms with Gasteiger partial charge in [-0.15, -0.1) is 0 Å². The molecule has 0 aliphatic heterocycles. The molecule has 1 aliphatic rings. The highest BCUT2D eigenvalue weighted by molar-refractivity contribution is 5.27. The molecule has 118 valence electrons. The lowest BCUT2D eigenvalue weighted by molar-refractivity contribution is 0.206. The van der Waals surface area contributed by atoms with E-state index >= 15 is 0 Å². The largest absolute Gasteiger partial charge is 0.494 e. The Morgan fingerprint density at radius 1 is 1.05 bits per heavy atom. The first-order valence-corrected chi connectivity index (χ1v) is 8.94. The van der Waals surface area contributed by atoms with E-state index in [1.54, 1.807) is 0 Å². The summed E-state index contributed by atoms with van der Waals surface area (Å²) in [7, 11) is 0. The summed E-state index contributed by atoms with van der Waals surface area (Å²) in [6.07, 6.45) is 9.84. The molecule has 21 heavy (non-hydrogen) atoms. The van der Waals surface area contributed by atoms with E-state index in [9.17, 15) is 0 Å².